The molecular weight excluding hydrogens is 336 g/mol. The second-order valence-corrected chi connectivity index (χ2v) is 5.50. The topological polar surface area (TPSA) is 113 Å². The summed E-state index contributed by atoms with van der Waals surface area (Å²) in [5.41, 5.74) is 0.803. The number of nitrogens with one attached hydrogen (secondary N) is 1. The maximum Gasteiger partial charge on any atom is 0.258 e. The third-order valence-corrected chi connectivity index (χ3v) is 3.82. The van der Waals surface area contributed by atoms with Crippen molar-refractivity contribution in [2.75, 3.05) is 6.61 Å². The van der Waals surface area contributed by atoms with Gasteiger partial charge in [-0.05, 0) is 48.0 Å². The van der Waals surface area contributed by atoms with Crippen molar-refractivity contribution in [1.82, 2.24) is 40.3 Å². The molecule has 2 heterocycles. The normalized spacial score (nSPS) is 11.9. The van der Waals surface area contributed by atoms with Gasteiger partial charge in [-0.2, -0.15) is 5.10 Å². The van der Waals surface area contributed by atoms with Crippen molar-refractivity contribution in [3.8, 4) is 11.4 Å². The molecule has 1 unspecified atom stereocenters. The van der Waals surface area contributed by atoms with Crippen LogP contribution in [0.15, 0.2) is 36.9 Å². The van der Waals surface area contributed by atoms with Crippen LogP contribution in [-0.4, -0.2) is 47.5 Å². The van der Waals surface area contributed by atoms with Crippen LogP contribution in [0, 0.1) is 0 Å². The summed E-state index contributed by atoms with van der Waals surface area (Å²) in [7, 11) is 0. The van der Waals surface area contributed by atoms with Crippen LogP contribution in [-0.2, 0) is 11.3 Å². The number of aromatic nitrogens is 7. The van der Waals surface area contributed by atoms with E-state index in [-0.39, 0.29) is 18.6 Å². The van der Waals surface area contributed by atoms with Gasteiger partial charge in [-0.1, -0.05) is 6.92 Å². The van der Waals surface area contributed by atoms with Gasteiger partial charge in [0, 0.05) is 6.54 Å². The van der Waals surface area contributed by atoms with Gasteiger partial charge in [0.1, 0.15) is 24.2 Å². The molecule has 0 spiro atoms. The van der Waals surface area contributed by atoms with Crippen molar-refractivity contribution in [2.24, 2.45) is 0 Å². The molecule has 0 aliphatic carbocycles. The molecule has 0 saturated heterocycles. The monoisotopic (exact) mass is 356 g/mol. The lowest BCUT2D eigenvalue weighted by Crippen LogP contribution is -2.34. The first-order valence-corrected chi connectivity index (χ1v) is 8.34. The summed E-state index contributed by atoms with van der Waals surface area (Å²) in [5, 5.41) is 18.1. The quantitative estimate of drug-likeness (QED) is 0.638. The Labute approximate surface area is 150 Å². The van der Waals surface area contributed by atoms with Crippen LogP contribution in [0.1, 0.15) is 32.1 Å². The first-order chi connectivity index (χ1) is 12.7. The van der Waals surface area contributed by atoms with E-state index in [0.717, 1.165) is 11.5 Å². The number of carbonyl (C=O) groups excluding carboxylic acids is 1. The predicted octanol–water partition coefficient (Wildman–Crippen LogP) is 0.920. The highest BCUT2D eigenvalue weighted by molar-refractivity contribution is 5.77. The molecule has 26 heavy (non-hydrogen) atoms. The van der Waals surface area contributed by atoms with E-state index in [1.165, 1.54) is 17.3 Å². The van der Waals surface area contributed by atoms with E-state index in [9.17, 15) is 4.79 Å². The zero-order valence-corrected chi connectivity index (χ0v) is 14.6. The number of hydrogen-bond donors (Lipinski definition) is 1. The fraction of sp³-hybridized carbons (Fsp3) is 0.375. The molecule has 0 aliphatic rings. The van der Waals surface area contributed by atoms with Crippen molar-refractivity contribution in [2.45, 2.75) is 32.9 Å². The van der Waals surface area contributed by atoms with Gasteiger partial charge < -0.3 is 10.1 Å². The van der Waals surface area contributed by atoms with Gasteiger partial charge in [0.15, 0.2) is 6.61 Å². The van der Waals surface area contributed by atoms with Gasteiger partial charge in [0.05, 0.1) is 11.7 Å². The number of rotatable bonds is 8. The molecule has 1 N–H and O–H groups in total. The average molecular weight is 356 g/mol. The van der Waals surface area contributed by atoms with E-state index in [4.69, 9.17) is 4.74 Å². The molecule has 10 heteroatoms. The van der Waals surface area contributed by atoms with Crippen LogP contribution >= 0.6 is 0 Å². The Morgan fingerprint density at radius 1 is 1.27 bits per heavy atom. The molecule has 0 saturated carbocycles. The summed E-state index contributed by atoms with van der Waals surface area (Å²) in [5.74, 6) is 1.11. The summed E-state index contributed by atoms with van der Waals surface area (Å²) >= 11 is 0. The molecule has 0 fully saturated rings. The highest BCUT2D eigenvalue weighted by Gasteiger charge is 2.18. The molecule has 10 nitrogen and oxygen atoms in total. The second-order valence-electron chi connectivity index (χ2n) is 5.50. The fourth-order valence-corrected chi connectivity index (χ4v) is 2.50. The summed E-state index contributed by atoms with van der Waals surface area (Å²) in [6.07, 6.45) is 3.71. The van der Waals surface area contributed by atoms with E-state index in [2.05, 4.69) is 30.9 Å². The molecule has 2 aromatic heterocycles. The number of ether oxygens (including phenoxy) is 1. The molecule has 1 aromatic carbocycles. The Morgan fingerprint density at radius 3 is 2.73 bits per heavy atom. The Morgan fingerprint density at radius 2 is 2.08 bits per heavy atom. The van der Waals surface area contributed by atoms with Crippen LogP contribution in [0.5, 0.6) is 5.75 Å². The second kappa shape index (κ2) is 8.19. The van der Waals surface area contributed by atoms with E-state index >= 15 is 0 Å². The number of amides is 1. The van der Waals surface area contributed by atoms with Gasteiger partial charge in [-0.15, -0.1) is 5.10 Å². The third kappa shape index (κ3) is 4.02. The molecule has 136 valence electrons. The first kappa shape index (κ1) is 17.5. The van der Waals surface area contributed by atoms with Crippen molar-refractivity contribution >= 4 is 5.91 Å². The number of hydrogen-bond acceptors (Lipinski definition) is 7. The number of aryl methyl sites for hydroxylation is 1. The molecule has 3 rings (SSSR count). The van der Waals surface area contributed by atoms with Crippen LogP contribution in [0.4, 0.5) is 0 Å². The van der Waals surface area contributed by atoms with Gasteiger partial charge in [-0.25, -0.2) is 14.3 Å². The largest absolute Gasteiger partial charge is 0.484 e. The zero-order chi connectivity index (χ0) is 18.4. The molecule has 3 aromatic rings. The average Bonchev–Trinajstić information content (AvgIpc) is 3.36. The number of carbonyl (C=O) groups is 1. The minimum absolute atomic E-state index is 0.0824. The van der Waals surface area contributed by atoms with E-state index in [0.29, 0.717) is 18.7 Å². The van der Waals surface area contributed by atoms with Crippen LogP contribution < -0.4 is 10.1 Å². The molecule has 1 atom stereocenters. The molecule has 1 amide bonds. The number of nitrogens with zero attached hydrogens (tertiary/aromatic N) is 7. The molecular formula is C16H20N8O2. The zero-order valence-electron chi connectivity index (χ0n) is 14.6. The highest BCUT2D eigenvalue weighted by atomic mass is 16.5. The summed E-state index contributed by atoms with van der Waals surface area (Å²) < 4.78 is 8.85. The SMILES string of the molecule is CCC(NC(=O)COc1ccc(-n2cnnn2)cc1)c1ncnn1CC. The third-order valence-electron chi connectivity index (χ3n) is 3.82. The Balaban J connectivity index is 1.55. The smallest absolute Gasteiger partial charge is 0.258 e. The van der Waals surface area contributed by atoms with Crippen molar-refractivity contribution in [3.63, 3.8) is 0 Å². The van der Waals surface area contributed by atoms with Gasteiger partial charge in [-0.3, -0.25) is 4.79 Å². The van der Waals surface area contributed by atoms with E-state index in [1.54, 1.807) is 16.8 Å². The van der Waals surface area contributed by atoms with Gasteiger partial charge in [0.25, 0.3) is 5.91 Å². The van der Waals surface area contributed by atoms with E-state index < -0.39 is 0 Å². The molecule has 0 aliphatic heterocycles. The maximum atomic E-state index is 12.2. The Kier molecular flexibility index (Phi) is 5.52. The van der Waals surface area contributed by atoms with Gasteiger partial charge >= 0.3 is 0 Å². The summed E-state index contributed by atoms with van der Waals surface area (Å²) in [6, 6.07) is 6.94. The van der Waals surface area contributed by atoms with E-state index in [1.807, 2.05) is 26.0 Å². The van der Waals surface area contributed by atoms with Crippen LogP contribution in [0.2, 0.25) is 0 Å². The Hall–Kier alpha value is -3.30. The predicted molar refractivity (Wildman–Crippen MR) is 91.5 cm³/mol. The lowest BCUT2D eigenvalue weighted by molar-refractivity contribution is -0.124. The minimum atomic E-state index is -0.216. The standard InChI is InChI=1S/C16H20N8O2/c1-3-14(16-17-10-19-23(16)4-2)20-15(25)9-26-13-7-5-12(6-8-13)24-11-18-21-22-24/h5-8,10-11,14H,3-4,9H2,1-2H3,(H,20,25). The van der Waals surface area contributed by atoms with Crippen LogP contribution in [0.25, 0.3) is 5.69 Å². The van der Waals surface area contributed by atoms with Crippen molar-refractivity contribution in [1.29, 1.82) is 0 Å². The molecule has 0 bridgehead atoms. The van der Waals surface area contributed by atoms with Crippen molar-refractivity contribution in [3.05, 3.63) is 42.7 Å². The summed E-state index contributed by atoms with van der Waals surface area (Å²) in [6.45, 7) is 4.58. The van der Waals surface area contributed by atoms with Crippen LogP contribution in [0.3, 0.4) is 0 Å². The van der Waals surface area contributed by atoms with Gasteiger partial charge in [0.2, 0.25) is 0 Å². The van der Waals surface area contributed by atoms with Crippen molar-refractivity contribution < 1.29 is 9.53 Å². The minimum Gasteiger partial charge on any atom is -0.484 e. The number of benzene rings is 1. The lowest BCUT2D eigenvalue weighted by atomic mass is 10.2. The first-order valence-electron chi connectivity index (χ1n) is 8.34. The lowest BCUT2D eigenvalue weighted by Gasteiger charge is -2.17. The fourth-order valence-electron chi connectivity index (χ4n) is 2.50. The number of tetrazole rings is 1. The Bertz CT molecular complexity index is 828. The highest BCUT2D eigenvalue weighted by Crippen LogP contribution is 2.15. The summed E-state index contributed by atoms with van der Waals surface area (Å²) in [4.78, 5) is 16.5. The maximum absolute atomic E-state index is 12.2. The molecule has 0 radical (unpaired) electrons.